The number of nitrogens with one attached hydrogen (secondary N) is 1. The second kappa shape index (κ2) is 6.95. The maximum Gasteiger partial charge on any atom is 0.457 e. The third kappa shape index (κ3) is 3.16. The Morgan fingerprint density at radius 1 is 1.27 bits per heavy atom. The Morgan fingerprint density at radius 2 is 1.93 bits per heavy atom. The van der Waals surface area contributed by atoms with Crippen molar-refractivity contribution in [3.05, 3.63) is 24.3 Å². The van der Waals surface area contributed by atoms with E-state index in [4.69, 9.17) is 20.8 Å². The molecule has 4 aliphatic rings. The first-order valence-corrected chi connectivity index (χ1v) is 11.9. The van der Waals surface area contributed by atoms with Crippen LogP contribution in [0.1, 0.15) is 46.5 Å². The Kier molecular flexibility index (Phi) is 5.00. The summed E-state index contributed by atoms with van der Waals surface area (Å²) in [6.45, 7) is 6.60. The van der Waals surface area contributed by atoms with Crippen molar-refractivity contribution in [1.82, 2.24) is 4.72 Å². The van der Waals surface area contributed by atoms with Crippen molar-refractivity contribution in [2.75, 3.05) is 5.73 Å². The Hall–Kier alpha value is -1.62. The maximum absolute atomic E-state index is 12.4. The van der Waals surface area contributed by atoms with Crippen LogP contribution in [0.3, 0.4) is 0 Å². The van der Waals surface area contributed by atoms with Crippen molar-refractivity contribution in [2.45, 2.75) is 74.9 Å². The van der Waals surface area contributed by atoms with Crippen molar-refractivity contribution in [1.29, 1.82) is 0 Å². The average molecular weight is 435 g/mol. The molecule has 1 spiro atoms. The number of benzene rings is 1. The maximum atomic E-state index is 12.4. The number of carbonyl (C=O) groups excluding carboxylic acids is 1. The Balaban J connectivity index is 1.34. The van der Waals surface area contributed by atoms with Gasteiger partial charge in [-0.1, -0.05) is 13.8 Å². The molecule has 0 aromatic heterocycles. The first-order chi connectivity index (χ1) is 13.9. The van der Waals surface area contributed by atoms with Gasteiger partial charge in [-0.3, -0.25) is 4.79 Å². The summed E-state index contributed by atoms with van der Waals surface area (Å²) in [5, 5.41) is 0. The number of fused-ring (bicyclic) bond motifs is 1. The number of rotatable bonds is 6. The fourth-order valence-corrected chi connectivity index (χ4v) is 6.60. The molecule has 3 aliphatic carbocycles. The molecule has 4 fully saturated rings. The number of sulfonamides is 1. The molecule has 5 rings (SSSR count). The zero-order chi connectivity index (χ0) is 21.9. The van der Waals surface area contributed by atoms with Crippen LogP contribution in [0.4, 0.5) is 5.69 Å². The van der Waals surface area contributed by atoms with E-state index in [1.54, 1.807) is 0 Å². The lowest BCUT2D eigenvalue weighted by Gasteiger charge is -2.69. The van der Waals surface area contributed by atoms with Gasteiger partial charge in [0.25, 0.3) is 15.9 Å². The van der Waals surface area contributed by atoms with Crippen LogP contribution in [0.2, 0.25) is 6.32 Å². The zero-order valence-corrected chi connectivity index (χ0v) is 18.5. The molecule has 8 nitrogen and oxygen atoms in total. The molecule has 1 aromatic rings. The quantitative estimate of drug-likeness (QED) is 0.457. The molecule has 1 saturated heterocycles. The average Bonchev–Trinajstić information content (AvgIpc) is 3.01. The highest BCUT2D eigenvalue weighted by Crippen LogP contribution is 2.70. The highest BCUT2D eigenvalue weighted by molar-refractivity contribution is 7.90. The fraction of sp³-hybridized carbons (Fsp3) is 0.650. The van der Waals surface area contributed by atoms with E-state index >= 15 is 0 Å². The number of hydrogen-bond acceptors (Lipinski definition) is 7. The SMILES string of the molecule is CC1(C)[C@H]2CC[C@]3(C)OB(CC[C@H](N)C(=O)NS(=O)(=O)c4ccc(N)cc4)O[C@@]13C2. The van der Waals surface area contributed by atoms with E-state index in [1.165, 1.54) is 24.3 Å². The molecular weight excluding hydrogens is 405 g/mol. The second-order valence-electron chi connectivity index (χ2n) is 9.61. The molecular formula is C20H30BN3O5S. The fourth-order valence-electron chi connectivity index (χ4n) is 5.57. The molecule has 5 N–H and O–H groups in total. The molecule has 2 bridgehead atoms. The van der Waals surface area contributed by atoms with Gasteiger partial charge in [-0.25, -0.2) is 13.1 Å². The van der Waals surface area contributed by atoms with Gasteiger partial charge in [-0.2, -0.15) is 0 Å². The van der Waals surface area contributed by atoms with Crippen LogP contribution in [-0.2, 0) is 24.1 Å². The molecule has 1 amide bonds. The van der Waals surface area contributed by atoms with E-state index in [2.05, 4.69) is 20.8 Å². The minimum Gasteiger partial charge on any atom is -0.403 e. The van der Waals surface area contributed by atoms with Gasteiger partial charge < -0.3 is 20.8 Å². The van der Waals surface area contributed by atoms with Gasteiger partial charge in [0.15, 0.2) is 0 Å². The van der Waals surface area contributed by atoms with Gasteiger partial charge in [0.05, 0.1) is 22.1 Å². The molecule has 3 saturated carbocycles. The molecule has 4 atom stereocenters. The molecule has 1 aliphatic heterocycles. The normalized spacial score (nSPS) is 32.8. The summed E-state index contributed by atoms with van der Waals surface area (Å²) in [4.78, 5) is 12.3. The summed E-state index contributed by atoms with van der Waals surface area (Å²) in [5.74, 6) is -0.102. The Labute approximate surface area is 178 Å². The molecule has 1 aromatic carbocycles. The first-order valence-electron chi connectivity index (χ1n) is 10.4. The Morgan fingerprint density at radius 3 is 2.53 bits per heavy atom. The van der Waals surface area contributed by atoms with E-state index in [1.807, 2.05) is 4.72 Å². The van der Waals surface area contributed by atoms with E-state index in [0.717, 1.165) is 19.3 Å². The minimum absolute atomic E-state index is 0.0439. The predicted octanol–water partition coefficient (Wildman–Crippen LogP) is 1.66. The van der Waals surface area contributed by atoms with Crippen molar-refractivity contribution in [2.24, 2.45) is 17.1 Å². The number of amides is 1. The number of nitrogen functional groups attached to an aromatic ring is 1. The Bertz CT molecular complexity index is 954. The lowest BCUT2D eigenvalue weighted by atomic mass is 9.41. The standard InChI is InChI=1S/C20H30BN3O5S/c1-18(2)13-8-10-19(3)20(18,12-13)29-21(28-19)11-9-16(23)17(25)24-30(26,27)15-6-4-14(22)5-7-15/h4-7,13,16H,8-12,22-23H2,1-3H3,(H,24,25)/t13-,16-,19-,20-/m0/s1. The van der Waals surface area contributed by atoms with Gasteiger partial charge >= 0.3 is 7.12 Å². The lowest BCUT2D eigenvalue weighted by Crippen LogP contribution is -2.73. The van der Waals surface area contributed by atoms with Gasteiger partial charge in [0.1, 0.15) is 0 Å². The molecule has 1 heterocycles. The minimum atomic E-state index is -4.00. The van der Waals surface area contributed by atoms with Crippen LogP contribution >= 0.6 is 0 Å². The zero-order valence-electron chi connectivity index (χ0n) is 17.7. The third-order valence-electron chi connectivity index (χ3n) is 7.62. The summed E-state index contributed by atoms with van der Waals surface area (Å²) >= 11 is 0. The van der Waals surface area contributed by atoms with Crippen LogP contribution in [-0.4, -0.2) is 38.7 Å². The van der Waals surface area contributed by atoms with Crippen LogP contribution in [0.15, 0.2) is 29.2 Å². The highest BCUT2D eigenvalue weighted by atomic mass is 32.2. The van der Waals surface area contributed by atoms with Crippen molar-refractivity contribution in [3.63, 3.8) is 0 Å². The predicted molar refractivity (Wildman–Crippen MR) is 114 cm³/mol. The summed E-state index contributed by atoms with van der Waals surface area (Å²) in [6.07, 6.45) is 3.77. The van der Waals surface area contributed by atoms with E-state index in [0.29, 0.717) is 17.9 Å². The smallest absolute Gasteiger partial charge is 0.403 e. The topological polar surface area (TPSA) is 134 Å². The molecule has 164 valence electrons. The van der Waals surface area contributed by atoms with Crippen molar-refractivity contribution < 1.29 is 22.5 Å². The van der Waals surface area contributed by atoms with Crippen molar-refractivity contribution >= 4 is 28.7 Å². The summed E-state index contributed by atoms with van der Waals surface area (Å²) in [7, 11) is -4.45. The van der Waals surface area contributed by atoms with Gasteiger partial charge in [-0.05, 0) is 74.5 Å². The van der Waals surface area contributed by atoms with Crippen molar-refractivity contribution in [3.8, 4) is 0 Å². The third-order valence-corrected chi connectivity index (χ3v) is 8.98. The summed E-state index contributed by atoms with van der Waals surface area (Å²) < 4.78 is 39.5. The van der Waals surface area contributed by atoms with Gasteiger partial charge in [-0.15, -0.1) is 0 Å². The monoisotopic (exact) mass is 435 g/mol. The van der Waals surface area contributed by atoms with Crippen LogP contribution < -0.4 is 16.2 Å². The molecule has 0 radical (unpaired) electrons. The van der Waals surface area contributed by atoms with Gasteiger partial charge in [0.2, 0.25) is 0 Å². The van der Waals surface area contributed by atoms with E-state index in [9.17, 15) is 13.2 Å². The number of carbonyl (C=O) groups is 1. The van der Waals surface area contributed by atoms with Crippen LogP contribution in [0.5, 0.6) is 0 Å². The van der Waals surface area contributed by atoms with Crippen LogP contribution in [0, 0.1) is 11.3 Å². The largest absolute Gasteiger partial charge is 0.457 e. The number of anilines is 1. The number of nitrogens with two attached hydrogens (primary N) is 2. The molecule has 10 heteroatoms. The van der Waals surface area contributed by atoms with Crippen LogP contribution in [0.25, 0.3) is 0 Å². The molecule has 30 heavy (non-hydrogen) atoms. The summed E-state index contributed by atoms with van der Waals surface area (Å²) in [6, 6.07) is 4.60. The lowest BCUT2D eigenvalue weighted by molar-refractivity contribution is -0.257. The van der Waals surface area contributed by atoms with Gasteiger partial charge in [0, 0.05) is 5.69 Å². The summed E-state index contributed by atoms with van der Waals surface area (Å²) in [5.41, 5.74) is 11.4. The second-order valence-corrected chi connectivity index (χ2v) is 11.3. The molecule has 0 unspecified atom stereocenters. The van der Waals surface area contributed by atoms with E-state index < -0.39 is 29.1 Å². The first kappa shape index (κ1) is 21.6. The number of hydrogen-bond donors (Lipinski definition) is 3. The van der Waals surface area contributed by atoms with E-state index in [-0.39, 0.29) is 27.9 Å². The highest BCUT2D eigenvalue weighted by Gasteiger charge is 2.75.